The van der Waals surface area contributed by atoms with Crippen molar-refractivity contribution in [3.8, 4) is 11.5 Å². The van der Waals surface area contributed by atoms with E-state index in [1.165, 1.54) is 18.2 Å². The summed E-state index contributed by atoms with van der Waals surface area (Å²) >= 11 is 0. The van der Waals surface area contributed by atoms with Crippen LogP contribution in [0.25, 0.3) is 6.08 Å². The number of nitro benzene ring substituents is 1. The number of carbonyl (C=O) groups is 1. The number of aryl methyl sites for hydroxylation is 1. The number of amides is 1. The molecule has 0 atom stereocenters. The highest BCUT2D eigenvalue weighted by atomic mass is 16.6. The van der Waals surface area contributed by atoms with Crippen molar-refractivity contribution in [1.29, 1.82) is 0 Å². The number of benzene rings is 2. The molecule has 0 saturated heterocycles. The van der Waals surface area contributed by atoms with Gasteiger partial charge >= 0.3 is 0 Å². The first kappa shape index (κ1) is 19.0. The number of rotatable bonds is 7. The van der Waals surface area contributed by atoms with Crippen molar-refractivity contribution in [2.75, 3.05) is 19.0 Å². The first-order valence-corrected chi connectivity index (χ1v) is 7.99. The smallest absolute Gasteiger partial charge is 0.272 e. The van der Waals surface area contributed by atoms with Crippen LogP contribution in [0, 0.1) is 17.0 Å². The van der Waals surface area contributed by atoms with E-state index in [9.17, 15) is 14.9 Å². The predicted octanol–water partition coefficient (Wildman–Crippen LogP) is 3.96. The summed E-state index contributed by atoms with van der Waals surface area (Å²) in [7, 11) is 1.55. The number of hydrogen-bond acceptors (Lipinski definition) is 5. The van der Waals surface area contributed by atoms with E-state index in [0.29, 0.717) is 29.4 Å². The normalized spacial score (nSPS) is 10.6. The molecule has 0 aliphatic heterocycles. The molecule has 0 aliphatic rings. The fourth-order valence-corrected chi connectivity index (χ4v) is 2.36. The number of nitrogens with zero attached hydrogens (tertiary/aromatic N) is 1. The Bertz CT molecular complexity index is 846. The second-order valence-electron chi connectivity index (χ2n) is 5.42. The Kier molecular flexibility index (Phi) is 6.32. The first-order valence-electron chi connectivity index (χ1n) is 7.99. The number of nitro groups is 1. The van der Waals surface area contributed by atoms with E-state index >= 15 is 0 Å². The number of hydrogen-bond donors (Lipinski definition) is 1. The number of carbonyl (C=O) groups excluding carboxylic acids is 1. The highest BCUT2D eigenvalue weighted by molar-refractivity contribution is 6.02. The van der Waals surface area contributed by atoms with Crippen LogP contribution in [0.4, 0.5) is 11.4 Å². The molecule has 7 nitrogen and oxygen atoms in total. The maximum atomic E-state index is 12.1. The Labute approximate surface area is 151 Å². The third kappa shape index (κ3) is 4.83. The molecule has 0 saturated carbocycles. The largest absolute Gasteiger partial charge is 0.493 e. The minimum absolute atomic E-state index is 0.0139. The molecule has 2 rings (SSSR count). The zero-order valence-corrected chi connectivity index (χ0v) is 14.8. The van der Waals surface area contributed by atoms with Gasteiger partial charge in [0.1, 0.15) is 0 Å². The van der Waals surface area contributed by atoms with E-state index in [1.807, 2.05) is 13.0 Å². The molecular formula is C19H20N2O5. The van der Waals surface area contributed by atoms with Gasteiger partial charge in [-0.25, -0.2) is 0 Å². The van der Waals surface area contributed by atoms with Crippen LogP contribution in [-0.4, -0.2) is 24.5 Å². The van der Waals surface area contributed by atoms with Gasteiger partial charge in [0.05, 0.1) is 18.6 Å². The zero-order chi connectivity index (χ0) is 19.1. The minimum atomic E-state index is -0.458. The Morgan fingerprint density at radius 2 is 2.00 bits per heavy atom. The molecule has 136 valence electrons. The summed E-state index contributed by atoms with van der Waals surface area (Å²) in [6, 6.07) is 9.78. The summed E-state index contributed by atoms with van der Waals surface area (Å²) in [5.41, 5.74) is 1.76. The van der Waals surface area contributed by atoms with Crippen LogP contribution in [0.2, 0.25) is 0 Å². The van der Waals surface area contributed by atoms with Gasteiger partial charge in [-0.2, -0.15) is 0 Å². The van der Waals surface area contributed by atoms with Gasteiger partial charge in [-0.15, -0.1) is 0 Å². The van der Waals surface area contributed by atoms with Gasteiger partial charge in [-0.3, -0.25) is 14.9 Å². The fraction of sp³-hybridized carbons (Fsp3) is 0.211. The molecule has 1 N–H and O–H groups in total. The summed E-state index contributed by atoms with van der Waals surface area (Å²) in [5.74, 6) is 0.879. The summed E-state index contributed by atoms with van der Waals surface area (Å²) in [5, 5.41) is 13.5. The fourth-order valence-electron chi connectivity index (χ4n) is 2.36. The SMILES string of the molecule is CCOc1ccc(/C=C/C(=O)Nc2ccc([N+](=O)[O-])c(C)c2)cc1OC. The maximum absolute atomic E-state index is 12.1. The van der Waals surface area contributed by atoms with Crippen molar-refractivity contribution >= 4 is 23.4 Å². The van der Waals surface area contributed by atoms with Crippen LogP contribution in [0.5, 0.6) is 11.5 Å². The third-order valence-corrected chi connectivity index (χ3v) is 3.58. The van der Waals surface area contributed by atoms with Gasteiger partial charge in [0.15, 0.2) is 11.5 Å². The van der Waals surface area contributed by atoms with Gasteiger partial charge < -0.3 is 14.8 Å². The molecule has 0 radical (unpaired) electrons. The van der Waals surface area contributed by atoms with Crippen molar-refractivity contribution < 1.29 is 19.2 Å². The summed E-state index contributed by atoms with van der Waals surface area (Å²) < 4.78 is 10.7. The molecule has 0 aliphatic carbocycles. The lowest BCUT2D eigenvalue weighted by Crippen LogP contribution is -2.08. The number of nitrogens with one attached hydrogen (secondary N) is 1. The van der Waals surface area contributed by atoms with Crippen molar-refractivity contribution in [2.45, 2.75) is 13.8 Å². The third-order valence-electron chi connectivity index (χ3n) is 3.58. The second kappa shape index (κ2) is 8.66. The lowest BCUT2D eigenvalue weighted by molar-refractivity contribution is -0.385. The molecule has 2 aromatic carbocycles. The Morgan fingerprint density at radius 3 is 2.62 bits per heavy atom. The van der Waals surface area contributed by atoms with Gasteiger partial charge in [-0.1, -0.05) is 6.07 Å². The van der Waals surface area contributed by atoms with Crippen LogP contribution in [0.1, 0.15) is 18.1 Å². The molecule has 0 aromatic heterocycles. The van der Waals surface area contributed by atoms with Gasteiger partial charge in [0.25, 0.3) is 5.69 Å². The van der Waals surface area contributed by atoms with Crippen LogP contribution in [-0.2, 0) is 4.79 Å². The lowest BCUT2D eigenvalue weighted by atomic mass is 10.1. The average Bonchev–Trinajstić information content (AvgIpc) is 2.60. The van der Waals surface area contributed by atoms with Gasteiger partial charge in [0, 0.05) is 23.4 Å². The molecule has 0 heterocycles. The molecule has 0 fully saturated rings. The Morgan fingerprint density at radius 1 is 1.23 bits per heavy atom. The van der Waals surface area contributed by atoms with Crippen LogP contribution < -0.4 is 14.8 Å². The summed E-state index contributed by atoms with van der Waals surface area (Å²) in [6.07, 6.45) is 3.03. The van der Waals surface area contributed by atoms with Gasteiger partial charge in [-0.05, 0) is 49.8 Å². The minimum Gasteiger partial charge on any atom is -0.493 e. The Hall–Kier alpha value is -3.35. The number of methoxy groups -OCH3 is 1. The van der Waals surface area contributed by atoms with E-state index in [2.05, 4.69) is 5.32 Å². The maximum Gasteiger partial charge on any atom is 0.272 e. The van der Waals surface area contributed by atoms with Crippen LogP contribution in [0.15, 0.2) is 42.5 Å². The quantitative estimate of drug-likeness (QED) is 0.461. The standard InChI is InChI=1S/C19H20N2O5/c1-4-26-17-9-5-14(12-18(17)25-3)6-10-19(22)20-15-7-8-16(21(23)24)13(2)11-15/h5-12H,4H2,1-3H3,(H,20,22)/b10-6+. The van der Waals surface area contributed by atoms with E-state index in [0.717, 1.165) is 5.56 Å². The number of ether oxygens (including phenoxy) is 2. The zero-order valence-electron chi connectivity index (χ0n) is 14.8. The molecular weight excluding hydrogens is 336 g/mol. The highest BCUT2D eigenvalue weighted by Crippen LogP contribution is 2.28. The van der Waals surface area contributed by atoms with E-state index in [4.69, 9.17) is 9.47 Å². The summed E-state index contributed by atoms with van der Waals surface area (Å²) in [6.45, 7) is 4.04. The molecule has 0 bridgehead atoms. The van der Waals surface area contributed by atoms with Crippen molar-refractivity contribution in [1.82, 2.24) is 0 Å². The predicted molar refractivity (Wildman–Crippen MR) is 99.7 cm³/mol. The topological polar surface area (TPSA) is 90.7 Å². The van der Waals surface area contributed by atoms with Crippen molar-refractivity contribution in [3.63, 3.8) is 0 Å². The summed E-state index contributed by atoms with van der Waals surface area (Å²) in [4.78, 5) is 22.4. The van der Waals surface area contributed by atoms with Crippen LogP contribution in [0.3, 0.4) is 0 Å². The second-order valence-corrected chi connectivity index (χ2v) is 5.42. The highest BCUT2D eigenvalue weighted by Gasteiger charge is 2.10. The van der Waals surface area contributed by atoms with Gasteiger partial charge in [0.2, 0.25) is 5.91 Å². The molecule has 26 heavy (non-hydrogen) atoms. The molecule has 0 spiro atoms. The monoisotopic (exact) mass is 356 g/mol. The first-order chi connectivity index (χ1) is 12.4. The van der Waals surface area contributed by atoms with Crippen molar-refractivity contribution in [3.05, 3.63) is 63.7 Å². The number of anilines is 1. The molecule has 7 heteroatoms. The molecule has 0 unspecified atom stereocenters. The molecule has 2 aromatic rings. The van der Waals surface area contributed by atoms with Crippen molar-refractivity contribution in [2.24, 2.45) is 0 Å². The van der Waals surface area contributed by atoms with E-state index in [1.54, 1.807) is 38.3 Å². The lowest BCUT2D eigenvalue weighted by Gasteiger charge is -2.09. The van der Waals surface area contributed by atoms with E-state index in [-0.39, 0.29) is 11.6 Å². The molecule has 1 amide bonds. The van der Waals surface area contributed by atoms with E-state index < -0.39 is 4.92 Å². The Balaban J connectivity index is 2.07. The van der Waals surface area contributed by atoms with Crippen LogP contribution >= 0.6 is 0 Å². The average molecular weight is 356 g/mol.